The van der Waals surface area contributed by atoms with E-state index in [0.717, 1.165) is 5.75 Å². The van der Waals surface area contributed by atoms with Crippen LogP contribution in [0.25, 0.3) is 0 Å². The van der Waals surface area contributed by atoms with Crippen LogP contribution < -0.4 is 20.1 Å². The molecule has 0 bridgehead atoms. The van der Waals surface area contributed by atoms with Gasteiger partial charge in [-0.1, -0.05) is 30.3 Å². The molecule has 0 aromatic heterocycles. The number of anilines is 2. The van der Waals surface area contributed by atoms with E-state index in [1.165, 1.54) is 0 Å². The second kappa shape index (κ2) is 7.84. The molecule has 6 nitrogen and oxygen atoms in total. The van der Waals surface area contributed by atoms with Crippen LogP contribution in [0.4, 0.5) is 11.4 Å². The van der Waals surface area contributed by atoms with Crippen molar-refractivity contribution in [2.24, 2.45) is 0 Å². The van der Waals surface area contributed by atoms with Gasteiger partial charge in [-0.25, -0.2) is 4.79 Å². The molecule has 3 aromatic rings. The number of carbonyl (C=O) groups is 2. The van der Waals surface area contributed by atoms with Crippen molar-refractivity contribution in [3.8, 4) is 17.2 Å². The molecule has 1 atom stereocenters. The molecule has 1 aliphatic rings. The van der Waals surface area contributed by atoms with Crippen molar-refractivity contribution in [2.45, 2.75) is 12.5 Å². The molecule has 0 fully saturated rings. The maximum absolute atomic E-state index is 12.3. The third-order valence-corrected chi connectivity index (χ3v) is 4.22. The number of fused-ring (bicyclic) bond motifs is 1. The van der Waals surface area contributed by atoms with Crippen LogP contribution in [0.5, 0.6) is 17.2 Å². The molecule has 3 aromatic carbocycles. The van der Waals surface area contributed by atoms with Gasteiger partial charge in [-0.15, -0.1) is 0 Å². The topological polar surface area (TPSA) is 76.7 Å². The fraction of sp³-hybridized carbons (Fsp3) is 0.0909. The van der Waals surface area contributed by atoms with E-state index in [4.69, 9.17) is 9.47 Å². The lowest BCUT2D eigenvalue weighted by atomic mass is 10.1. The van der Waals surface area contributed by atoms with Crippen LogP contribution >= 0.6 is 0 Å². The average Bonchev–Trinajstić information content (AvgIpc) is 2.71. The largest absolute Gasteiger partial charge is 0.457 e. The predicted molar refractivity (Wildman–Crippen MR) is 106 cm³/mol. The van der Waals surface area contributed by atoms with Gasteiger partial charge in [0.2, 0.25) is 5.91 Å². The molecule has 0 saturated heterocycles. The van der Waals surface area contributed by atoms with Crippen molar-refractivity contribution >= 4 is 23.3 Å². The van der Waals surface area contributed by atoms with Gasteiger partial charge in [0.05, 0.1) is 12.1 Å². The minimum Gasteiger partial charge on any atom is -0.457 e. The fourth-order valence-corrected chi connectivity index (χ4v) is 2.86. The van der Waals surface area contributed by atoms with Crippen LogP contribution in [0.3, 0.4) is 0 Å². The summed E-state index contributed by atoms with van der Waals surface area (Å²) in [6.45, 7) is 0. The molecule has 0 unspecified atom stereocenters. The van der Waals surface area contributed by atoms with Crippen molar-refractivity contribution in [3.63, 3.8) is 0 Å². The van der Waals surface area contributed by atoms with Crippen molar-refractivity contribution < 1.29 is 19.1 Å². The number of nitrogens with one attached hydrogen (secondary N) is 2. The van der Waals surface area contributed by atoms with Crippen molar-refractivity contribution in [2.75, 3.05) is 10.6 Å². The number of amides is 1. The van der Waals surface area contributed by atoms with Crippen molar-refractivity contribution in [1.29, 1.82) is 0 Å². The summed E-state index contributed by atoms with van der Waals surface area (Å²) in [5.41, 5.74) is 1.32. The summed E-state index contributed by atoms with van der Waals surface area (Å²) in [6, 6.07) is 22.9. The molecule has 140 valence electrons. The molecular weight excluding hydrogens is 356 g/mol. The lowest BCUT2D eigenvalue weighted by molar-refractivity contribution is -0.137. The van der Waals surface area contributed by atoms with Gasteiger partial charge in [0.15, 0.2) is 5.75 Å². The Labute approximate surface area is 162 Å². The summed E-state index contributed by atoms with van der Waals surface area (Å²) in [5.74, 6) is 1.11. The van der Waals surface area contributed by atoms with Crippen LogP contribution in [-0.4, -0.2) is 17.9 Å². The van der Waals surface area contributed by atoms with E-state index in [0.29, 0.717) is 22.9 Å². The lowest BCUT2D eigenvalue weighted by Crippen LogP contribution is -2.39. The first kappa shape index (κ1) is 17.6. The Morgan fingerprint density at radius 3 is 2.39 bits per heavy atom. The Balaban J connectivity index is 1.34. The van der Waals surface area contributed by atoms with Gasteiger partial charge in [-0.3, -0.25) is 4.79 Å². The lowest BCUT2D eigenvalue weighted by Gasteiger charge is -2.25. The molecule has 0 radical (unpaired) electrons. The van der Waals surface area contributed by atoms with Crippen LogP contribution in [0.1, 0.15) is 6.42 Å². The van der Waals surface area contributed by atoms with E-state index in [1.54, 1.807) is 42.5 Å². The number of benzene rings is 3. The SMILES string of the molecule is O=C(C[C@@H]1Nc2ccccc2OC1=O)Nc1ccc(Oc2ccccc2)cc1. The van der Waals surface area contributed by atoms with Crippen molar-refractivity contribution in [3.05, 3.63) is 78.9 Å². The minimum absolute atomic E-state index is 0.0323. The van der Waals surface area contributed by atoms with E-state index in [9.17, 15) is 9.59 Å². The summed E-state index contributed by atoms with van der Waals surface area (Å²) in [6.07, 6.45) is -0.0323. The number of para-hydroxylation sites is 3. The monoisotopic (exact) mass is 374 g/mol. The molecular formula is C22H18N2O4. The molecule has 0 aliphatic carbocycles. The van der Waals surface area contributed by atoms with Crippen molar-refractivity contribution in [1.82, 2.24) is 0 Å². The van der Waals surface area contributed by atoms with E-state index in [1.807, 2.05) is 36.4 Å². The zero-order chi connectivity index (χ0) is 19.3. The Kier molecular flexibility index (Phi) is 4.93. The molecule has 4 rings (SSSR count). The van der Waals surface area contributed by atoms with Gasteiger partial charge >= 0.3 is 5.97 Å². The van der Waals surface area contributed by atoms with Crippen LogP contribution in [-0.2, 0) is 9.59 Å². The molecule has 0 spiro atoms. The second-order valence-corrected chi connectivity index (χ2v) is 6.31. The number of hydrogen-bond donors (Lipinski definition) is 2. The molecule has 0 saturated carbocycles. The predicted octanol–water partition coefficient (Wildman–Crippen LogP) is 4.21. The first-order chi connectivity index (χ1) is 13.7. The number of ether oxygens (including phenoxy) is 2. The van der Waals surface area contributed by atoms with E-state index < -0.39 is 12.0 Å². The Morgan fingerprint density at radius 1 is 0.929 bits per heavy atom. The third-order valence-electron chi connectivity index (χ3n) is 4.22. The highest BCUT2D eigenvalue weighted by molar-refractivity contribution is 5.97. The summed E-state index contributed by atoms with van der Waals surface area (Å²) in [7, 11) is 0. The van der Waals surface area contributed by atoms with Gasteiger partial charge in [0, 0.05) is 5.69 Å². The highest BCUT2D eigenvalue weighted by Crippen LogP contribution is 2.29. The summed E-state index contributed by atoms with van der Waals surface area (Å²) in [4.78, 5) is 24.4. The Morgan fingerprint density at radius 2 is 1.61 bits per heavy atom. The standard InChI is InChI=1S/C22H18N2O4/c25-21(14-19-22(26)28-20-9-5-4-8-18(20)24-19)23-15-10-12-17(13-11-15)27-16-6-2-1-3-7-16/h1-13,19,24H,14H2,(H,23,25)/t19-/m0/s1. The molecule has 2 N–H and O–H groups in total. The first-order valence-electron chi connectivity index (χ1n) is 8.87. The Bertz CT molecular complexity index is 987. The van der Waals surface area contributed by atoms with Gasteiger partial charge in [-0.2, -0.15) is 0 Å². The molecule has 1 heterocycles. The summed E-state index contributed by atoms with van der Waals surface area (Å²) >= 11 is 0. The number of rotatable bonds is 5. The van der Waals surface area contributed by atoms with Gasteiger partial charge in [-0.05, 0) is 48.5 Å². The van der Waals surface area contributed by atoms with Gasteiger partial charge in [0.25, 0.3) is 0 Å². The van der Waals surface area contributed by atoms with E-state index >= 15 is 0 Å². The minimum atomic E-state index is -0.726. The highest BCUT2D eigenvalue weighted by atomic mass is 16.5. The highest BCUT2D eigenvalue weighted by Gasteiger charge is 2.29. The second-order valence-electron chi connectivity index (χ2n) is 6.31. The quantitative estimate of drug-likeness (QED) is 0.517. The van der Waals surface area contributed by atoms with Gasteiger partial charge < -0.3 is 20.1 Å². The van der Waals surface area contributed by atoms with Crippen LogP contribution in [0.15, 0.2) is 78.9 Å². The number of carbonyl (C=O) groups excluding carboxylic acids is 2. The van der Waals surface area contributed by atoms with Gasteiger partial charge in [0.1, 0.15) is 17.5 Å². The Hall–Kier alpha value is -3.80. The molecule has 1 aliphatic heterocycles. The number of esters is 1. The van der Waals surface area contributed by atoms with Crippen LogP contribution in [0, 0.1) is 0 Å². The maximum Gasteiger partial charge on any atom is 0.334 e. The van der Waals surface area contributed by atoms with Crippen LogP contribution in [0.2, 0.25) is 0 Å². The number of hydrogen-bond acceptors (Lipinski definition) is 5. The summed E-state index contributed by atoms with van der Waals surface area (Å²) < 4.78 is 11.0. The van der Waals surface area contributed by atoms with E-state index in [2.05, 4.69) is 10.6 Å². The zero-order valence-electron chi connectivity index (χ0n) is 14.9. The smallest absolute Gasteiger partial charge is 0.334 e. The van der Waals surface area contributed by atoms with E-state index in [-0.39, 0.29) is 12.3 Å². The summed E-state index contributed by atoms with van der Waals surface area (Å²) in [5, 5.41) is 5.83. The normalized spacial score (nSPS) is 15.0. The molecule has 6 heteroatoms. The molecule has 1 amide bonds. The maximum atomic E-state index is 12.3. The molecule has 28 heavy (non-hydrogen) atoms. The first-order valence-corrected chi connectivity index (χ1v) is 8.87. The zero-order valence-corrected chi connectivity index (χ0v) is 14.9. The average molecular weight is 374 g/mol. The fourth-order valence-electron chi connectivity index (χ4n) is 2.86. The third kappa shape index (κ3) is 4.12.